The van der Waals surface area contributed by atoms with E-state index in [2.05, 4.69) is 35.6 Å². The van der Waals surface area contributed by atoms with Crippen molar-refractivity contribution in [1.82, 2.24) is 9.97 Å². The van der Waals surface area contributed by atoms with E-state index in [1.807, 2.05) is 12.3 Å². The standard InChI is InChI=1S/C18H25N5O2S/c1-18(2,3)17-20-9-8-16(21-17)23-12-10-22(11-13-23)14-4-6-15(7-5-14)26(19,24)25/h4-9H,10-13H2,1-3H3,(H2,19,24,25). The third-order valence-electron chi connectivity index (χ3n) is 4.45. The minimum absolute atomic E-state index is 0.0804. The zero-order valence-corrected chi connectivity index (χ0v) is 16.2. The molecule has 0 radical (unpaired) electrons. The molecule has 7 nitrogen and oxygen atoms in total. The van der Waals surface area contributed by atoms with Crippen LogP contribution in [-0.2, 0) is 15.4 Å². The van der Waals surface area contributed by atoms with Crippen LogP contribution in [0.25, 0.3) is 0 Å². The molecular weight excluding hydrogens is 350 g/mol. The van der Waals surface area contributed by atoms with Gasteiger partial charge in [0.25, 0.3) is 0 Å². The van der Waals surface area contributed by atoms with Crippen molar-refractivity contribution in [2.45, 2.75) is 31.1 Å². The van der Waals surface area contributed by atoms with Crippen LogP contribution in [-0.4, -0.2) is 44.6 Å². The van der Waals surface area contributed by atoms with Crippen molar-refractivity contribution >= 4 is 21.5 Å². The lowest BCUT2D eigenvalue weighted by Crippen LogP contribution is -2.47. The molecule has 1 fully saturated rings. The smallest absolute Gasteiger partial charge is 0.238 e. The predicted molar refractivity (Wildman–Crippen MR) is 103 cm³/mol. The Labute approximate surface area is 154 Å². The Hall–Kier alpha value is -2.19. The lowest BCUT2D eigenvalue weighted by Gasteiger charge is -2.37. The van der Waals surface area contributed by atoms with E-state index in [1.54, 1.807) is 24.3 Å². The molecule has 140 valence electrons. The highest BCUT2D eigenvalue weighted by Crippen LogP contribution is 2.23. The number of hydrogen-bond acceptors (Lipinski definition) is 6. The maximum atomic E-state index is 11.4. The van der Waals surface area contributed by atoms with E-state index in [0.29, 0.717) is 0 Å². The molecule has 2 heterocycles. The normalized spacial score (nSPS) is 16.0. The van der Waals surface area contributed by atoms with Crippen molar-refractivity contribution in [1.29, 1.82) is 0 Å². The first-order valence-corrected chi connectivity index (χ1v) is 10.2. The van der Waals surface area contributed by atoms with Gasteiger partial charge in [0.15, 0.2) is 0 Å². The van der Waals surface area contributed by atoms with E-state index in [4.69, 9.17) is 10.1 Å². The summed E-state index contributed by atoms with van der Waals surface area (Å²) >= 11 is 0. The lowest BCUT2D eigenvalue weighted by atomic mass is 9.96. The summed E-state index contributed by atoms with van der Waals surface area (Å²) in [6, 6.07) is 8.66. The number of anilines is 2. The fourth-order valence-electron chi connectivity index (χ4n) is 2.93. The molecule has 3 rings (SSSR count). The van der Waals surface area contributed by atoms with Gasteiger partial charge in [-0.2, -0.15) is 0 Å². The van der Waals surface area contributed by atoms with Gasteiger partial charge in [-0.1, -0.05) is 20.8 Å². The maximum Gasteiger partial charge on any atom is 0.238 e. The van der Waals surface area contributed by atoms with Crippen molar-refractivity contribution in [2.24, 2.45) is 5.14 Å². The first-order valence-electron chi connectivity index (χ1n) is 8.61. The monoisotopic (exact) mass is 375 g/mol. The van der Waals surface area contributed by atoms with Gasteiger partial charge in [-0.25, -0.2) is 23.5 Å². The highest BCUT2D eigenvalue weighted by Gasteiger charge is 2.22. The fourth-order valence-corrected chi connectivity index (χ4v) is 3.44. The van der Waals surface area contributed by atoms with Gasteiger partial charge in [0, 0.05) is 43.5 Å². The van der Waals surface area contributed by atoms with E-state index < -0.39 is 10.0 Å². The van der Waals surface area contributed by atoms with Gasteiger partial charge in [-0.05, 0) is 30.3 Å². The van der Waals surface area contributed by atoms with Gasteiger partial charge in [0.05, 0.1) is 4.90 Å². The van der Waals surface area contributed by atoms with Gasteiger partial charge < -0.3 is 9.80 Å². The number of benzene rings is 1. The molecular formula is C18H25N5O2S. The minimum atomic E-state index is -3.65. The van der Waals surface area contributed by atoms with Crippen molar-refractivity contribution < 1.29 is 8.42 Å². The molecule has 0 aliphatic carbocycles. The van der Waals surface area contributed by atoms with Crippen LogP contribution in [0.1, 0.15) is 26.6 Å². The molecule has 2 aromatic rings. The zero-order chi connectivity index (χ0) is 18.9. The first kappa shape index (κ1) is 18.6. The van der Waals surface area contributed by atoms with E-state index >= 15 is 0 Å². The largest absolute Gasteiger partial charge is 0.368 e. The molecule has 0 saturated carbocycles. The van der Waals surface area contributed by atoms with Crippen LogP contribution in [0, 0.1) is 0 Å². The summed E-state index contributed by atoms with van der Waals surface area (Å²) < 4.78 is 22.7. The summed E-state index contributed by atoms with van der Waals surface area (Å²) in [5.41, 5.74) is 0.915. The summed E-state index contributed by atoms with van der Waals surface area (Å²) in [4.78, 5) is 13.7. The molecule has 1 aromatic carbocycles. The second-order valence-corrected chi connectivity index (χ2v) is 9.06. The third-order valence-corrected chi connectivity index (χ3v) is 5.37. The Kier molecular flexibility index (Phi) is 4.90. The Morgan fingerprint density at radius 1 is 0.962 bits per heavy atom. The van der Waals surface area contributed by atoms with Crippen LogP contribution < -0.4 is 14.9 Å². The number of nitrogens with zero attached hydrogens (tertiary/aromatic N) is 4. The summed E-state index contributed by atoms with van der Waals surface area (Å²) in [6.07, 6.45) is 1.82. The zero-order valence-electron chi connectivity index (χ0n) is 15.4. The van der Waals surface area contributed by atoms with Crippen molar-refractivity contribution in [3.8, 4) is 0 Å². The molecule has 0 bridgehead atoms. The lowest BCUT2D eigenvalue weighted by molar-refractivity contribution is 0.542. The summed E-state index contributed by atoms with van der Waals surface area (Å²) in [5, 5.41) is 5.15. The Balaban J connectivity index is 1.68. The van der Waals surface area contributed by atoms with E-state index in [9.17, 15) is 8.42 Å². The van der Waals surface area contributed by atoms with Crippen LogP contribution in [0.3, 0.4) is 0 Å². The molecule has 0 spiro atoms. The summed E-state index contributed by atoms with van der Waals surface area (Å²) in [6.45, 7) is 9.68. The van der Waals surface area contributed by atoms with Gasteiger partial charge in [0.2, 0.25) is 10.0 Å². The van der Waals surface area contributed by atoms with Gasteiger partial charge in [-0.15, -0.1) is 0 Å². The molecule has 1 aliphatic heterocycles. The van der Waals surface area contributed by atoms with Crippen LogP contribution in [0.15, 0.2) is 41.4 Å². The van der Waals surface area contributed by atoms with E-state index in [1.165, 1.54) is 0 Å². The number of nitrogens with two attached hydrogens (primary N) is 1. The van der Waals surface area contributed by atoms with Crippen LogP contribution in [0.5, 0.6) is 0 Å². The van der Waals surface area contributed by atoms with Gasteiger partial charge in [0.1, 0.15) is 11.6 Å². The second kappa shape index (κ2) is 6.85. The maximum absolute atomic E-state index is 11.4. The number of hydrogen-bond donors (Lipinski definition) is 1. The number of aromatic nitrogens is 2. The summed E-state index contributed by atoms with van der Waals surface area (Å²) in [5.74, 6) is 1.80. The van der Waals surface area contributed by atoms with Crippen LogP contribution in [0.2, 0.25) is 0 Å². The molecule has 0 unspecified atom stereocenters. The van der Waals surface area contributed by atoms with E-state index in [0.717, 1.165) is 43.5 Å². The number of piperazine rings is 1. The van der Waals surface area contributed by atoms with Crippen molar-refractivity contribution in [2.75, 3.05) is 36.0 Å². The second-order valence-electron chi connectivity index (χ2n) is 7.50. The molecule has 1 aliphatic rings. The average molecular weight is 375 g/mol. The van der Waals surface area contributed by atoms with E-state index in [-0.39, 0.29) is 10.3 Å². The fraction of sp³-hybridized carbons (Fsp3) is 0.444. The Morgan fingerprint density at radius 2 is 1.54 bits per heavy atom. The highest BCUT2D eigenvalue weighted by atomic mass is 32.2. The number of rotatable bonds is 3. The molecule has 0 atom stereocenters. The average Bonchev–Trinajstić information content (AvgIpc) is 2.61. The molecule has 0 amide bonds. The Bertz CT molecular complexity index is 867. The van der Waals surface area contributed by atoms with Crippen LogP contribution in [0.4, 0.5) is 11.5 Å². The summed E-state index contributed by atoms with van der Waals surface area (Å²) in [7, 11) is -3.65. The SMILES string of the molecule is CC(C)(C)c1nccc(N2CCN(c3ccc(S(N)(=O)=O)cc3)CC2)n1. The van der Waals surface area contributed by atoms with Crippen molar-refractivity contribution in [3.63, 3.8) is 0 Å². The Morgan fingerprint density at radius 3 is 2.08 bits per heavy atom. The quantitative estimate of drug-likeness (QED) is 0.879. The topological polar surface area (TPSA) is 92.4 Å². The highest BCUT2D eigenvalue weighted by molar-refractivity contribution is 7.89. The predicted octanol–water partition coefficient (Wildman–Crippen LogP) is 1.75. The minimum Gasteiger partial charge on any atom is -0.368 e. The first-order chi connectivity index (χ1) is 12.1. The number of sulfonamides is 1. The molecule has 26 heavy (non-hydrogen) atoms. The molecule has 2 N–H and O–H groups in total. The molecule has 8 heteroatoms. The van der Waals surface area contributed by atoms with Gasteiger partial charge in [-0.3, -0.25) is 0 Å². The molecule has 1 aromatic heterocycles. The molecule has 1 saturated heterocycles. The number of primary sulfonamides is 1. The van der Waals surface area contributed by atoms with Crippen LogP contribution >= 0.6 is 0 Å². The third kappa shape index (κ3) is 4.13. The van der Waals surface area contributed by atoms with Crippen molar-refractivity contribution in [3.05, 3.63) is 42.4 Å². The van der Waals surface area contributed by atoms with Gasteiger partial charge >= 0.3 is 0 Å².